The van der Waals surface area contributed by atoms with Gasteiger partial charge in [-0.3, -0.25) is 0 Å². The van der Waals surface area contributed by atoms with Gasteiger partial charge >= 0.3 is 5.97 Å². The van der Waals surface area contributed by atoms with Gasteiger partial charge in [0.05, 0.1) is 38.8 Å². The third-order valence-corrected chi connectivity index (χ3v) is 5.90. The van der Waals surface area contributed by atoms with Gasteiger partial charge in [0.15, 0.2) is 17.1 Å². The summed E-state index contributed by atoms with van der Waals surface area (Å²) >= 11 is 0. The summed E-state index contributed by atoms with van der Waals surface area (Å²) in [5, 5.41) is 4.40. The van der Waals surface area contributed by atoms with E-state index in [1.807, 2.05) is 48.5 Å². The van der Waals surface area contributed by atoms with Gasteiger partial charge in [-0.2, -0.15) is 5.10 Å². The molecular weight excluding hydrogens is 470 g/mol. The van der Waals surface area contributed by atoms with Gasteiger partial charge in [0, 0.05) is 11.8 Å². The maximum Gasteiger partial charge on any atom is 0.340 e. The van der Waals surface area contributed by atoms with E-state index >= 15 is 0 Å². The van der Waals surface area contributed by atoms with Gasteiger partial charge in [0.2, 0.25) is 5.75 Å². The highest BCUT2D eigenvalue weighted by Crippen LogP contribution is 2.40. The van der Waals surface area contributed by atoms with E-state index in [4.69, 9.17) is 18.9 Å². The van der Waals surface area contributed by atoms with Crippen molar-refractivity contribution in [2.45, 2.75) is 32.8 Å². The van der Waals surface area contributed by atoms with Gasteiger partial charge in [-0.1, -0.05) is 43.7 Å². The number of benzene rings is 2. The molecular formula is C29H31N3O5. The number of aryl methyl sites for hydroxylation is 1. The molecule has 2 aromatic carbocycles. The van der Waals surface area contributed by atoms with Crippen LogP contribution in [-0.4, -0.2) is 41.9 Å². The summed E-state index contributed by atoms with van der Waals surface area (Å²) in [5.41, 5.74) is 4.16. The number of ether oxygens (including phenoxy) is 4. The quantitative estimate of drug-likeness (QED) is 0.201. The van der Waals surface area contributed by atoms with Crippen molar-refractivity contribution in [2.75, 3.05) is 21.3 Å². The van der Waals surface area contributed by atoms with E-state index in [9.17, 15) is 4.79 Å². The Bertz CT molecular complexity index is 1400. The number of nitrogens with zero attached hydrogens (tertiary/aromatic N) is 3. The normalized spacial score (nSPS) is 11.4. The number of carbonyl (C=O) groups excluding carboxylic acids is 1. The second-order valence-electron chi connectivity index (χ2n) is 8.42. The Morgan fingerprint density at radius 3 is 2.49 bits per heavy atom. The van der Waals surface area contributed by atoms with Gasteiger partial charge in [0.25, 0.3) is 0 Å². The van der Waals surface area contributed by atoms with E-state index in [-0.39, 0.29) is 0 Å². The molecule has 0 aliphatic heterocycles. The van der Waals surface area contributed by atoms with Crippen molar-refractivity contribution in [2.24, 2.45) is 0 Å². The summed E-state index contributed by atoms with van der Waals surface area (Å²) < 4.78 is 24.1. The maximum absolute atomic E-state index is 13.0. The first-order chi connectivity index (χ1) is 18.1. The largest absolute Gasteiger partial charge is 0.493 e. The molecule has 4 rings (SSSR count). The van der Waals surface area contributed by atoms with Crippen molar-refractivity contribution in [1.82, 2.24) is 14.6 Å². The van der Waals surface area contributed by atoms with Crippen LogP contribution in [0.4, 0.5) is 0 Å². The summed E-state index contributed by atoms with van der Waals surface area (Å²) in [6, 6.07) is 17.1. The highest BCUT2D eigenvalue weighted by Gasteiger charge is 2.20. The van der Waals surface area contributed by atoms with E-state index in [0.717, 1.165) is 30.5 Å². The Kier molecular flexibility index (Phi) is 8.40. The number of fused-ring (bicyclic) bond motifs is 1. The average Bonchev–Trinajstić information content (AvgIpc) is 3.42. The van der Waals surface area contributed by atoms with Crippen LogP contribution in [0.3, 0.4) is 0 Å². The first kappa shape index (κ1) is 25.8. The lowest BCUT2D eigenvalue weighted by Crippen LogP contribution is -2.10. The zero-order chi connectivity index (χ0) is 26.2. The lowest BCUT2D eigenvalue weighted by atomic mass is 10.0. The summed E-state index contributed by atoms with van der Waals surface area (Å²) in [6.07, 6.45) is 6.23. The fraction of sp³-hybridized carbons (Fsp3) is 0.276. The summed E-state index contributed by atoms with van der Waals surface area (Å²) in [4.78, 5) is 17.7. The van der Waals surface area contributed by atoms with Crippen LogP contribution in [0.15, 0.2) is 60.8 Å². The lowest BCUT2D eigenvalue weighted by molar-refractivity contribution is -0.133. The minimum Gasteiger partial charge on any atom is -0.493 e. The SMILES string of the molecule is CCCCc1cc(C(=Cc2cc(OC)c(OC)c(OCc3ccccc3)c2)C(=O)OC)n2nccc2n1. The van der Waals surface area contributed by atoms with Crippen LogP contribution in [0.2, 0.25) is 0 Å². The standard InChI is InChI=1S/C29H31N3O5/c1-5-6-12-22-18-24(32-27(31-22)13-14-30-32)23(29(33)36-4)15-21-16-25(34-2)28(35-3)26(17-21)37-19-20-10-8-7-9-11-20/h7-11,13-18H,5-6,12,19H2,1-4H3. The molecule has 0 amide bonds. The minimum atomic E-state index is -0.494. The molecule has 2 aromatic heterocycles. The smallest absolute Gasteiger partial charge is 0.340 e. The maximum atomic E-state index is 13.0. The molecule has 0 aliphatic rings. The molecule has 8 heteroatoms. The summed E-state index contributed by atoms with van der Waals surface area (Å²) in [7, 11) is 4.48. The summed E-state index contributed by atoms with van der Waals surface area (Å²) in [5.74, 6) is 0.941. The molecule has 0 bridgehead atoms. The van der Waals surface area contributed by atoms with Crippen LogP contribution in [0.25, 0.3) is 17.3 Å². The number of rotatable bonds is 11. The molecule has 0 fully saturated rings. The van der Waals surface area contributed by atoms with Gasteiger partial charge in [-0.15, -0.1) is 0 Å². The molecule has 8 nitrogen and oxygen atoms in total. The molecule has 37 heavy (non-hydrogen) atoms. The fourth-order valence-electron chi connectivity index (χ4n) is 4.03. The molecule has 0 N–H and O–H groups in total. The average molecular weight is 502 g/mol. The van der Waals surface area contributed by atoms with E-state index in [0.29, 0.717) is 46.3 Å². The second kappa shape index (κ2) is 12.1. The molecule has 0 saturated carbocycles. The Morgan fingerprint density at radius 1 is 1.00 bits per heavy atom. The van der Waals surface area contributed by atoms with Crippen LogP contribution < -0.4 is 14.2 Å². The third kappa shape index (κ3) is 5.91. The van der Waals surface area contributed by atoms with Crippen LogP contribution >= 0.6 is 0 Å². The predicted molar refractivity (Wildman–Crippen MR) is 142 cm³/mol. The van der Waals surface area contributed by atoms with Crippen molar-refractivity contribution >= 4 is 23.3 Å². The van der Waals surface area contributed by atoms with Crippen molar-refractivity contribution in [3.8, 4) is 17.2 Å². The van der Waals surface area contributed by atoms with E-state index in [1.165, 1.54) is 7.11 Å². The third-order valence-electron chi connectivity index (χ3n) is 5.90. The zero-order valence-electron chi connectivity index (χ0n) is 21.6. The van der Waals surface area contributed by atoms with Crippen LogP contribution in [0.1, 0.15) is 42.3 Å². The monoisotopic (exact) mass is 501 g/mol. The van der Waals surface area contributed by atoms with Crippen LogP contribution in [-0.2, 0) is 22.6 Å². The van der Waals surface area contributed by atoms with Crippen LogP contribution in [0.5, 0.6) is 17.2 Å². The highest BCUT2D eigenvalue weighted by molar-refractivity contribution is 6.21. The Labute approximate surface area is 216 Å². The number of aromatic nitrogens is 3. The molecule has 0 aliphatic carbocycles. The fourth-order valence-corrected chi connectivity index (χ4v) is 4.03. The van der Waals surface area contributed by atoms with Gasteiger partial charge < -0.3 is 18.9 Å². The topological polar surface area (TPSA) is 84.2 Å². The molecule has 0 radical (unpaired) electrons. The molecule has 0 unspecified atom stereocenters. The molecule has 0 spiro atoms. The predicted octanol–water partition coefficient (Wildman–Crippen LogP) is 5.38. The summed E-state index contributed by atoms with van der Waals surface area (Å²) in [6.45, 7) is 2.48. The number of esters is 1. The van der Waals surface area contributed by atoms with Crippen molar-refractivity contribution < 1.29 is 23.7 Å². The van der Waals surface area contributed by atoms with Crippen molar-refractivity contribution in [3.63, 3.8) is 0 Å². The minimum absolute atomic E-state index is 0.331. The molecule has 0 atom stereocenters. The van der Waals surface area contributed by atoms with Gasteiger partial charge in [-0.05, 0) is 48.2 Å². The van der Waals surface area contributed by atoms with Crippen molar-refractivity contribution in [3.05, 3.63) is 83.3 Å². The highest BCUT2D eigenvalue weighted by atomic mass is 16.5. The van der Waals surface area contributed by atoms with Crippen LogP contribution in [0, 0.1) is 0 Å². The number of hydrogen-bond donors (Lipinski definition) is 0. The van der Waals surface area contributed by atoms with Gasteiger partial charge in [-0.25, -0.2) is 14.3 Å². The molecule has 0 saturated heterocycles. The Balaban J connectivity index is 1.82. The number of carbonyl (C=O) groups is 1. The lowest BCUT2D eigenvalue weighted by Gasteiger charge is -2.16. The number of hydrogen-bond acceptors (Lipinski definition) is 7. The zero-order valence-corrected chi connectivity index (χ0v) is 21.6. The first-order valence-corrected chi connectivity index (χ1v) is 12.1. The molecule has 2 heterocycles. The second-order valence-corrected chi connectivity index (χ2v) is 8.42. The molecule has 192 valence electrons. The number of methoxy groups -OCH3 is 3. The van der Waals surface area contributed by atoms with E-state index in [1.54, 1.807) is 37.1 Å². The van der Waals surface area contributed by atoms with Gasteiger partial charge in [0.1, 0.15) is 6.61 Å². The number of unbranched alkanes of at least 4 members (excludes halogenated alkanes) is 1. The van der Waals surface area contributed by atoms with E-state index < -0.39 is 5.97 Å². The van der Waals surface area contributed by atoms with E-state index in [2.05, 4.69) is 17.0 Å². The molecule has 4 aromatic rings. The van der Waals surface area contributed by atoms with Crippen molar-refractivity contribution in [1.29, 1.82) is 0 Å². The first-order valence-electron chi connectivity index (χ1n) is 12.1. The Morgan fingerprint density at radius 2 is 1.78 bits per heavy atom. The Hall–Kier alpha value is -4.33.